The van der Waals surface area contributed by atoms with Gasteiger partial charge in [0.25, 0.3) is 0 Å². The molecule has 0 spiro atoms. The molecule has 0 radical (unpaired) electrons. The Morgan fingerprint density at radius 3 is 2.52 bits per heavy atom. The SMILES string of the molecule is O=C(Cc1ccc(-c2cnc(Nc3cnn(C4CCS(=O)(=O)C4)c3)nc2)cc1F)Nc1cc(C2(C(F)(F)F)CC2)on1. The first-order valence-electron chi connectivity index (χ1n) is 12.9. The van der Waals surface area contributed by atoms with Gasteiger partial charge in [0.2, 0.25) is 11.9 Å². The fourth-order valence-electron chi connectivity index (χ4n) is 4.84. The van der Waals surface area contributed by atoms with Crippen molar-refractivity contribution in [2.45, 2.75) is 43.3 Å². The van der Waals surface area contributed by atoms with Crippen molar-refractivity contribution in [2.75, 3.05) is 22.1 Å². The highest BCUT2D eigenvalue weighted by molar-refractivity contribution is 7.91. The Balaban J connectivity index is 1.06. The molecule has 1 aliphatic carbocycles. The second kappa shape index (κ2) is 10.2. The molecular formula is C26H23F4N7O4S. The molecule has 6 rings (SSSR count). The van der Waals surface area contributed by atoms with E-state index in [1.165, 1.54) is 24.5 Å². The highest BCUT2D eigenvalue weighted by Gasteiger charge is 2.66. The fourth-order valence-corrected chi connectivity index (χ4v) is 6.55. The predicted molar refractivity (Wildman–Crippen MR) is 141 cm³/mol. The van der Waals surface area contributed by atoms with Crippen LogP contribution in [0.1, 0.15) is 36.6 Å². The Morgan fingerprint density at radius 2 is 1.88 bits per heavy atom. The van der Waals surface area contributed by atoms with E-state index < -0.39 is 33.2 Å². The predicted octanol–water partition coefficient (Wildman–Crippen LogP) is 4.35. The molecule has 2 aliphatic rings. The van der Waals surface area contributed by atoms with Gasteiger partial charge in [0, 0.05) is 30.2 Å². The summed E-state index contributed by atoms with van der Waals surface area (Å²) in [6.45, 7) is 0. The van der Waals surface area contributed by atoms with Gasteiger partial charge in [0.1, 0.15) is 11.2 Å². The monoisotopic (exact) mass is 605 g/mol. The molecule has 11 nitrogen and oxygen atoms in total. The maximum absolute atomic E-state index is 14.8. The lowest BCUT2D eigenvalue weighted by Crippen LogP contribution is -2.28. The van der Waals surface area contributed by atoms with E-state index in [2.05, 4.69) is 30.9 Å². The number of hydrogen-bond donors (Lipinski definition) is 2. The molecular weight excluding hydrogens is 582 g/mol. The summed E-state index contributed by atoms with van der Waals surface area (Å²) < 4.78 is 84.5. The van der Waals surface area contributed by atoms with Crippen LogP contribution in [-0.2, 0) is 26.5 Å². The van der Waals surface area contributed by atoms with E-state index in [-0.39, 0.29) is 59.9 Å². The molecule has 1 unspecified atom stereocenters. The first-order valence-corrected chi connectivity index (χ1v) is 14.7. The number of sulfone groups is 1. The van der Waals surface area contributed by atoms with Gasteiger partial charge >= 0.3 is 6.18 Å². The normalized spacial score (nSPS) is 19.0. The summed E-state index contributed by atoms with van der Waals surface area (Å²) in [4.78, 5) is 20.9. The van der Waals surface area contributed by atoms with Crippen molar-refractivity contribution < 1.29 is 35.3 Å². The Bertz CT molecular complexity index is 1750. The number of nitrogens with zero attached hydrogens (tertiary/aromatic N) is 5. The number of rotatable bonds is 8. The van der Waals surface area contributed by atoms with Gasteiger partial charge in [-0.2, -0.15) is 18.3 Å². The standard InChI is InChI=1S/C26H23F4N7O4S/c27-20-7-15(1-2-16(20)8-23(38)35-22-9-21(41-36-22)25(4-5-25)26(28,29)30)17-10-31-24(32-11-17)34-18-12-33-37(13-18)19-3-6-42(39,40)14-19/h1-2,7,9-13,19H,3-6,8,14H2,(H,31,32,34)(H,35,36,38). The second-order valence-electron chi connectivity index (χ2n) is 10.4. The summed E-state index contributed by atoms with van der Waals surface area (Å²) in [5, 5.41) is 13.1. The minimum absolute atomic E-state index is 0.0493. The van der Waals surface area contributed by atoms with Crippen molar-refractivity contribution in [3.63, 3.8) is 0 Å². The topological polar surface area (TPSA) is 145 Å². The van der Waals surface area contributed by atoms with Gasteiger partial charge in [-0.1, -0.05) is 17.3 Å². The number of aromatic nitrogens is 5. The number of hydrogen-bond acceptors (Lipinski definition) is 9. The molecule has 4 aromatic rings. The first kappa shape index (κ1) is 27.8. The zero-order chi connectivity index (χ0) is 29.7. The molecule has 0 bridgehead atoms. The highest BCUT2D eigenvalue weighted by Crippen LogP contribution is 2.59. The Morgan fingerprint density at radius 1 is 1.12 bits per heavy atom. The maximum atomic E-state index is 14.8. The van der Waals surface area contributed by atoms with Crippen LogP contribution in [0.5, 0.6) is 0 Å². The number of amides is 1. The van der Waals surface area contributed by atoms with Gasteiger partial charge in [-0.15, -0.1) is 0 Å². The lowest BCUT2D eigenvalue weighted by Gasteiger charge is -2.14. The van der Waals surface area contributed by atoms with Crippen molar-refractivity contribution >= 4 is 33.2 Å². The lowest BCUT2D eigenvalue weighted by molar-refractivity contribution is -0.165. The third-order valence-electron chi connectivity index (χ3n) is 7.37. The van der Waals surface area contributed by atoms with E-state index in [4.69, 9.17) is 4.52 Å². The molecule has 2 N–H and O–H groups in total. The van der Waals surface area contributed by atoms with E-state index in [1.54, 1.807) is 23.1 Å². The molecule has 220 valence electrons. The molecule has 2 fully saturated rings. The number of carbonyl (C=O) groups is 1. The molecule has 1 saturated carbocycles. The van der Waals surface area contributed by atoms with Crippen LogP contribution in [0, 0.1) is 5.82 Å². The van der Waals surface area contributed by atoms with Crippen molar-refractivity contribution in [2.24, 2.45) is 0 Å². The summed E-state index contributed by atoms with van der Waals surface area (Å²) in [7, 11) is -3.05. The van der Waals surface area contributed by atoms with Crippen LogP contribution >= 0.6 is 0 Å². The van der Waals surface area contributed by atoms with Gasteiger partial charge in [-0.3, -0.25) is 9.48 Å². The molecule has 3 aromatic heterocycles. The van der Waals surface area contributed by atoms with E-state index in [0.717, 1.165) is 6.07 Å². The summed E-state index contributed by atoms with van der Waals surface area (Å²) in [6.07, 6.45) is 1.63. The molecule has 1 atom stereocenters. The molecule has 1 saturated heterocycles. The molecule has 1 aliphatic heterocycles. The molecule has 4 heterocycles. The van der Waals surface area contributed by atoms with Crippen LogP contribution in [0.3, 0.4) is 0 Å². The third-order valence-corrected chi connectivity index (χ3v) is 9.12. The minimum atomic E-state index is -4.48. The number of benzene rings is 1. The zero-order valence-electron chi connectivity index (χ0n) is 21.7. The molecule has 42 heavy (non-hydrogen) atoms. The van der Waals surface area contributed by atoms with Gasteiger partial charge in [0.15, 0.2) is 21.4 Å². The van der Waals surface area contributed by atoms with Gasteiger partial charge in [0.05, 0.1) is 35.9 Å². The molecule has 1 aromatic carbocycles. The van der Waals surface area contributed by atoms with Crippen LogP contribution in [-0.4, -0.2) is 56.9 Å². The Hall–Kier alpha value is -4.34. The van der Waals surface area contributed by atoms with Crippen LogP contribution in [0.2, 0.25) is 0 Å². The van der Waals surface area contributed by atoms with Crippen molar-refractivity contribution in [1.82, 2.24) is 24.9 Å². The van der Waals surface area contributed by atoms with E-state index >= 15 is 0 Å². The quantitative estimate of drug-likeness (QED) is 0.280. The average Bonchev–Trinajstić information content (AvgIpc) is 3.22. The van der Waals surface area contributed by atoms with Gasteiger partial charge in [-0.25, -0.2) is 22.8 Å². The van der Waals surface area contributed by atoms with Crippen molar-refractivity contribution in [3.8, 4) is 11.1 Å². The second-order valence-corrected chi connectivity index (χ2v) is 12.6. The van der Waals surface area contributed by atoms with Gasteiger partial charge < -0.3 is 15.2 Å². The van der Waals surface area contributed by atoms with Crippen LogP contribution in [0.25, 0.3) is 11.1 Å². The molecule has 16 heteroatoms. The number of anilines is 3. The third kappa shape index (κ3) is 5.57. The summed E-state index contributed by atoms with van der Waals surface area (Å²) in [5.41, 5.74) is -0.443. The zero-order valence-corrected chi connectivity index (χ0v) is 22.5. The molecule has 1 amide bonds. The van der Waals surface area contributed by atoms with Gasteiger partial charge in [-0.05, 0) is 36.5 Å². The van der Waals surface area contributed by atoms with Crippen LogP contribution in [0.15, 0.2) is 53.6 Å². The van der Waals surface area contributed by atoms with Crippen LogP contribution in [0.4, 0.5) is 35.0 Å². The number of alkyl halides is 3. The summed E-state index contributed by atoms with van der Waals surface area (Å²) in [5.74, 6) is -1.43. The number of carbonyl (C=O) groups excluding carboxylic acids is 1. The number of halogens is 4. The van der Waals surface area contributed by atoms with E-state index in [9.17, 15) is 30.8 Å². The number of nitrogens with one attached hydrogen (secondary N) is 2. The summed E-state index contributed by atoms with van der Waals surface area (Å²) >= 11 is 0. The Kier molecular flexibility index (Phi) is 6.74. The minimum Gasteiger partial charge on any atom is -0.358 e. The van der Waals surface area contributed by atoms with E-state index in [0.29, 0.717) is 23.2 Å². The summed E-state index contributed by atoms with van der Waals surface area (Å²) in [6, 6.07) is 5.06. The van der Waals surface area contributed by atoms with Crippen molar-refractivity contribution in [3.05, 3.63) is 66.2 Å². The highest BCUT2D eigenvalue weighted by atomic mass is 32.2. The smallest absolute Gasteiger partial charge is 0.358 e. The lowest BCUT2D eigenvalue weighted by atomic mass is 10.0. The fraction of sp³-hybridized carbons (Fsp3) is 0.346. The average molecular weight is 606 g/mol. The Labute approximate surface area is 236 Å². The maximum Gasteiger partial charge on any atom is 0.401 e. The van der Waals surface area contributed by atoms with Crippen molar-refractivity contribution in [1.29, 1.82) is 0 Å². The largest absolute Gasteiger partial charge is 0.401 e. The van der Waals surface area contributed by atoms with Crippen LogP contribution < -0.4 is 10.6 Å². The van der Waals surface area contributed by atoms with E-state index in [1.807, 2.05) is 0 Å². The first-order chi connectivity index (χ1) is 19.9.